The van der Waals surface area contributed by atoms with Gasteiger partial charge in [0.2, 0.25) is 0 Å². The van der Waals surface area contributed by atoms with Crippen LogP contribution in [0.4, 0.5) is 5.69 Å². The highest BCUT2D eigenvalue weighted by Crippen LogP contribution is 2.34. The number of benzene rings is 1. The molecule has 0 atom stereocenters. The number of aliphatic carboxylic acids is 1. The van der Waals surface area contributed by atoms with Gasteiger partial charge < -0.3 is 9.52 Å². The summed E-state index contributed by atoms with van der Waals surface area (Å²) in [5, 5.41) is 19.9. The number of carboxylic acids is 1. The van der Waals surface area contributed by atoms with Crippen LogP contribution >= 0.6 is 24.0 Å². The number of hydrogen-bond donors (Lipinski definition) is 1. The minimum absolute atomic E-state index is 0.0139. The topological polar surface area (TPSA) is 114 Å². The largest absolute Gasteiger partial charge is 0.480 e. The number of hydrogen-bond acceptors (Lipinski definition) is 7. The Morgan fingerprint density at radius 1 is 1.41 bits per heavy atom. The van der Waals surface area contributed by atoms with Gasteiger partial charge in [0.05, 0.1) is 9.83 Å². The van der Waals surface area contributed by atoms with Crippen LogP contribution in [0.3, 0.4) is 0 Å². The Morgan fingerprint density at radius 3 is 2.81 bits per heavy atom. The van der Waals surface area contributed by atoms with E-state index in [1.807, 2.05) is 0 Å². The maximum atomic E-state index is 12.3. The highest BCUT2D eigenvalue weighted by Gasteiger charge is 2.33. The summed E-state index contributed by atoms with van der Waals surface area (Å²) in [7, 11) is 0. The summed E-state index contributed by atoms with van der Waals surface area (Å²) in [6, 6.07) is 8.01. The van der Waals surface area contributed by atoms with E-state index in [0.717, 1.165) is 16.7 Å². The number of nitro groups is 1. The Hall–Kier alpha value is -2.98. The van der Waals surface area contributed by atoms with E-state index in [0.29, 0.717) is 22.6 Å². The fraction of sp³-hybridized carbons (Fsp3) is 0.118. The molecule has 1 aliphatic heterocycles. The van der Waals surface area contributed by atoms with Crippen molar-refractivity contribution in [2.75, 3.05) is 6.54 Å². The molecular weight excluding hydrogens is 392 g/mol. The summed E-state index contributed by atoms with van der Waals surface area (Å²) < 4.78 is 5.83. The molecule has 1 N–H and O–H groups in total. The van der Waals surface area contributed by atoms with Gasteiger partial charge in [-0.25, -0.2) is 0 Å². The first-order valence-electron chi connectivity index (χ1n) is 7.58. The van der Waals surface area contributed by atoms with Crippen LogP contribution in [0, 0.1) is 17.0 Å². The van der Waals surface area contributed by atoms with Crippen LogP contribution in [0.5, 0.6) is 0 Å². The van der Waals surface area contributed by atoms with Crippen LogP contribution in [0.2, 0.25) is 0 Å². The zero-order valence-electron chi connectivity index (χ0n) is 13.9. The molecule has 3 rings (SSSR count). The number of rotatable bonds is 5. The summed E-state index contributed by atoms with van der Waals surface area (Å²) in [5.74, 6) is -0.903. The number of carbonyl (C=O) groups is 2. The second kappa shape index (κ2) is 7.33. The van der Waals surface area contributed by atoms with Crippen molar-refractivity contribution in [1.82, 2.24) is 4.90 Å². The molecule has 1 aromatic carbocycles. The second-order valence-electron chi connectivity index (χ2n) is 5.62. The first-order chi connectivity index (χ1) is 12.8. The smallest absolute Gasteiger partial charge is 0.323 e. The summed E-state index contributed by atoms with van der Waals surface area (Å²) in [6.45, 7) is 1.15. The maximum absolute atomic E-state index is 12.3. The number of nitro benzene ring substituents is 1. The Labute approximate surface area is 162 Å². The molecule has 1 amide bonds. The molecule has 2 aromatic rings. The number of furan rings is 1. The third-order valence-corrected chi connectivity index (χ3v) is 5.14. The van der Waals surface area contributed by atoms with Crippen LogP contribution in [0.1, 0.15) is 11.3 Å². The molecule has 138 valence electrons. The average molecular weight is 404 g/mol. The highest BCUT2D eigenvalue weighted by molar-refractivity contribution is 8.26. The lowest BCUT2D eigenvalue weighted by atomic mass is 10.1. The van der Waals surface area contributed by atoms with E-state index in [2.05, 4.69) is 0 Å². The van der Waals surface area contributed by atoms with Crippen LogP contribution in [0.25, 0.3) is 17.4 Å². The van der Waals surface area contributed by atoms with Crippen LogP contribution in [-0.4, -0.2) is 37.7 Å². The van der Waals surface area contributed by atoms with E-state index < -0.39 is 23.3 Å². The minimum Gasteiger partial charge on any atom is -0.480 e. The standard InChI is InChI=1S/C17H12N2O6S2/c1-9-2-3-10(6-12(9)19(23)24)13-5-4-11(25-13)7-14-16(22)18(8-15(20)21)17(26)27-14/h2-7H,8H2,1H3,(H,20,21)/b14-7-. The van der Waals surface area contributed by atoms with Gasteiger partial charge in [-0.2, -0.15) is 0 Å². The van der Waals surface area contributed by atoms with Crippen molar-refractivity contribution in [3.63, 3.8) is 0 Å². The van der Waals surface area contributed by atoms with E-state index in [1.54, 1.807) is 31.2 Å². The third kappa shape index (κ3) is 3.91. The van der Waals surface area contributed by atoms with Gasteiger partial charge in [-0.05, 0) is 19.1 Å². The van der Waals surface area contributed by atoms with E-state index in [1.165, 1.54) is 12.1 Å². The third-order valence-electron chi connectivity index (χ3n) is 3.76. The van der Waals surface area contributed by atoms with E-state index in [4.69, 9.17) is 21.7 Å². The minimum atomic E-state index is -1.16. The molecular formula is C17H12N2O6S2. The molecule has 0 bridgehead atoms. The lowest BCUT2D eigenvalue weighted by Crippen LogP contribution is -2.33. The molecule has 2 heterocycles. The molecule has 0 radical (unpaired) electrons. The van der Waals surface area contributed by atoms with Gasteiger partial charge in [0.25, 0.3) is 11.6 Å². The lowest BCUT2D eigenvalue weighted by Gasteiger charge is -2.09. The Morgan fingerprint density at radius 2 is 2.15 bits per heavy atom. The van der Waals surface area contributed by atoms with Gasteiger partial charge in [0.15, 0.2) is 0 Å². The zero-order chi connectivity index (χ0) is 19.7. The summed E-state index contributed by atoms with van der Waals surface area (Å²) in [5.41, 5.74) is 1.06. The number of carboxylic acid groups (broad SMARTS) is 1. The molecule has 0 spiro atoms. The number of thiocarbonyl (C=S) groups is 1. The van der Waals surface area contributed by atoms with Gasteiger partial charge in [-0.15, -0.1) is 0 Å². The highest BCUT2D eigenvalue weighted by atomic mass is 32.2. The first-order valence-corrected chi connectivity index (χ1v) is 8.81. The van der Waals surface area contributed by atoms with E-state index >= 15 is 0 Å². The van der Waals surface area contributed by atoms with Crippen LogP contribution < -0.4 is 0 Å². The molecule has 8 nitrogen and oxygen atoms in total. The fourth-order valence-electron chi connectivity index (χ4n) is 2.45. The Balaban J connectivity index is 1.87. The van der Waals surface area contributed by atoms with Gasteiger partial charge >= 0.3 is 5.97 Å². The van der Waals surface area contributed by atoms with Gasteiger partial charge in [0.1, 0.15) is 22.4 Å². The van der Waals surface area contributed by atoms with E-state index in [-0.39, 0.29) is 14.9 Å². The normalized spacial score (nSPS) is 15.6. The molecule has 0 saturated carbocycles. The SMILES string of the molecule is Cc1ccc(-c2ccc(/C=C3\SC(=S)N(CC(=O)O)C3=O)o2)cc1[N+](=O)[O-]. The van der Waals surface area contributed by atoms with Crippen molar-refractivity contribution in [2.24, 2.45) is 0 Å². The fourth-order valence-corrected chi connectivity index (χ4v) is 3.68. The monoisotopic (exact) mass is 404 g/mol. The van der Waals surface area contributed by atoms with Crippen molar-refractivity contribution in [3.05, 3.63) is 56.7 Å². The molecule has 0 aliphatic carbocycles. The van der Waals surface area contributed by atoms with Crippen molar-refractivity contribution in [1.29, 1.82) is 0 Å². The van der Waals surface area contributed by atoms with Gasteiger partial charge in [-0.3, -0.25) is 24.6 Å². The average Bonchev–Trinajstić information content (AvgIpc) is 3.15. The molecule has 10 heteroatoms. The summed E-state index contributed by atoms with van der Waals surface area (Å²) in [6.07, 6.45) is 1.47. The molecule has 0 unspecified atom stereocenters. The zero-order valence-corrected chi connectivity index (χ0v) is 15.5. The molecule has 1 fully saturated rings. The summed E-state index contributed by atoms with van der Waals surface area (Å²) in [4.78, 5) is 34.9. The molecule has 1 aromatic heterocycles. The molecule has 1 aliphatic rings. The maximum Gasteiger partial charge on any atom is 0.323 e. The predicted octanol–water partition coefficient (Wildman–Crippen LogP) is 3.45. The number of carbonyl (C=O) groups excluding carboxylic acids is 1. The molecule has 27 heavy (non-hydrogen) atoms. The van der Waals surface area contributed by atoms with Crippen molar-refractivity contribution in [3.8, 4) is 11.3 Å². The predicted molar refractivity (Wildman–Crippen MR) is 103 cm³/mol. The van der Waals surface area contributed by atoms with E-state index in [9.17, 15) is 19.7 Å². The number of thioether (sulfide) groups is 1. The van der Waals surface area contributed by atoms with Crippen LogP contribution in [-0.2, 0) is 9.59 Å². The van der Waals surface area contributed by atoms with Crippen LogP contribution in [0.15, 0.2) is 39.7 Å². The Bertz CT molecular complexity index is 1010. The Kier molecular flexibility index (Phi) is 5.10. The van der Waals surface area contributed by atoms with Crippen molar-refractivity contribution >= 4 is 51.9 Å². The van der Waals surface area contributed by atoms with Crippen molar-refractivity contribution < 1.29 is 24.0 Å². The number of amides is 1. The number of nitrogens with zero attached hydrogens (tertiary/aromatic N) is 2. The first kappa shape index (κ1) is 18.8. The number of aryl methyl sites for hydroxylation is 1. The molecule has 1 saturated heterocycles. The van der Waals surface area contributed by atoms with Gasteiger partial charge in [-0.1, -0.05) is 36.1 Å². The second-order valence-corrected chi connectivity index (χ2v) is 7.30. The lowest BCUT2D eigenvalue weighted by molar-refractivity contribution is -0.385. The van der Waals surface area contributed by atoms with Gasteiger partial charge in [0, 0.05) is 23.3 Å². The van der Waals surface area contributed by atoms with Crippen molar-refractivity contribution in [2.45, 2.75) is 6.92 Å². The quantitative estimate of drug-likeness (QED) is 0.349. The summed E-state index contributed by atoms with van der Waals surface area (Å²) >= 11 is 6.02.